The molecule has 0 aliphatic carbocycles. The summed E-state index contributed by atoms with van der Waals surface area (Å²) in [6.07, 6.45) is 1.52. The van der Waals surface area contributed by atoms with Gasteiger partial charge in [-0.15, -0.1) is 0 Å². The highest BCUT2D eigenvalue weighted by Crippen LogP contribution is 2.22. The highest BCUT2D eigenvalue weighted by atomic mass is 16.5. The Labute approximate surface area is 96.4 Å². The number of rotatable bonds is 4. The molecule has 1 fully saturated rings. The molecule has 1 aliphatic rings. The number of hydrogen-bond donors (Lipinski definition) is 2. The van der Waals surface area contributed by atoms with Gasteiger partial charge in [-0.2, -0.15) is 0 Å². The Balaban J connectivity index is 2.05. The van der Waals surface area contributed by atoms with Crippen molar-refractivity contribution in [2.45, 2.75) is 25.4 Å². The maximum Gasteiger partial charge on any atom is 0.119 e. The van der Waals surface area contributed by atoms with Gasteiger partial charge in [-0.25, -0.2) is 0 Å². The minimum atomic E-state index is -0.579. The van der Waals surface area contributed by atoms with Crippen LogP contribution in [0.2, 0.25) is 0 Å². The Morgan fingerprint density at radius 2 is 2.38 bits per heavy atom. The average molecular weight is 221 g/mol. The molecule has 88 valence electrons. The normalized spacial score (nSPS) is 24.6. The largest absolute Gasteiger partial charge is 0.494 e. The summed E-state index contributed by atoms with van der Waals surface area (Å²) in [5, 5.41) is 13.5. The molecular formula is C13H19NO2. The van der Waals surface area contributed by atoms with Gasteiger partial charge < -0.3 is 15.2 Å². The highest BCUT2D eigenvalue weighted by Gasteiger charge is 2.30. The first kappa shape index (κ1) is 11.4. The van der Waals surface area contributed by atoms with Crippen molar-refractivity contribution >= 4 is 0 Å². The lowest BCUT2D eigenvalue weighted by Gasteiger charge is -2.21. The standard InChI is InChI=1S/C13H19NO2/c1-2-16-12-5-3-4-11(8-12)9-13(15)6-7-14-10-13/h3-5,8,14-15H,2,6-7,9-10H2,1H3. The lowest BCUT2D eigenvalue weighted by Crippen LogP contribution is -2.33. The molecule has 1 atom stereocenters. The third-order valence-corrected chi connectivity index (χ3v) is 2.96. The zero-order chi connectivity index (χ0) is 11.4. The molecular weight excluding hydrogens is 202 g/mol. The van der Waals surface area contributed by atoms with E-state index in [1.807, 2.05) is 31.2 Å². The van der Waals surface area contributed by atoms with Gasteiger partial charge in [-0.05, 0) is 37.6 Å². The Morgan fingerprint density at radius 3 is 3.06 bits per heavy atom. The Kier molecular flexibility index (Phi) is 3.46. The van der Waals surface area contributed by atoms with E-state index in [-0.39, 0.29) is 0 Å². The second-order valence-electron chi connectivity index (χ2n) is 4.41. The van der Waals surface area contributed by atoms with Crippen LogP contribution in [0.15, 0.2) is 24.3 Å². The molecule has 1 aliphatic heterocycles. The van der Waals surface area contributed by atoms with Crippen LogP contribution in [0.5, 0.6) is 5.75 Å². The van der Waals surface area contributed by atoms with Gasteiger partial charge >= 0.3 is 0 Å². The monoisotopic (exact) mass is 221 g/mol. The van der Waals surface area contributed by atoms with E-state index in [1.165, 1.54) is 0 Å². The van der Waals surface area contributed by atoms with E-state index in [2.05, 4.69) is 5.32 Å². The number of hydrogen-bond acceptors (Lipinski definition) is 3. The van der Waals surface area contributed by atoms with Gasteiger partial charge in [0.2, 0.25) is 0 Å². The van der Waals surface area contributed by atoms with Crippen LogP contribution in [0, 0.1) is 0 Å². The van der Waals surface area contributed by atoms with Crippen molar-refractivity contribution in [2.75, 3.05) is 19.7 Å². The van der Waals surface area contributed by atoms with Gasteiger partial charge in [0.05, 0.1) is 12.2 Å². The van der Waals surface area contributed by atoms with Gasteiger partial charge in [0, 0.05) is 13.0 Å². The van der Waals surface area contributed by atoms with Gasteiger partial charge in [-0.1, -0.05) is 12.1 Å². The molecule has 1 saturated heterocycles. The first-order valence-electron chi connectivity index (χ1n) is 5.87. The van der Waals surface area contributed by atoms with Crippen LogP contribution in [0.3, 0.4) is 0 Å². The fourth-order valence-corrected chi connectivity index (χ4v) is 2.17. The predicted molar refractivity (Wildman–Crippen MR) is 63.8 cm³/mol. The van der Waals surface area contributed by atoms with Gasteiger partial charge in [0.15, 0.2) is 0 Å². The van der Waals surface area contributed by atoms with Crippen molar-refractivity contribution in [2.24, 2.45) is 0 Å². The number of ether oxygens (including phenoxy) is 1. The van der Waals surface area contributed by atoms with E-state index in [1.54, 1.807) is 0 Å². The molecule has 3 nitrogen and oxygen atoms in total. The summed E-state index contributed by atoms with van der Waals surface area (Å²) in [6, 6.07) is 7.98. The zero-order valence-corrected chi connectivity index (χ0v) is 9.70. The molecule has 3 heteroatoms. The van der Waals surface area contributed by atoms with Crippen LogP contribution in [0.1, 0.15) is 18.9 Å². The van der Waals surface area contributed by atoms with E-state index in [4.69, 9.17) is 4.74 Å². The van der Waals surface area contributed by atoms with Crippen molar-refractivity contribution in [3.05, 3.63) is 29.8 Å². The highest BCUT2D eigenvalue weighted by molar-refractivity contribution is 5.29. The minimum absolute atomic E-state index is 0.579. The molecule has 0 radical (unpaired) electrons. The molecule has 2 rings (SSSR count). The molecule has 0 amide bonds. The summed E-state index contributed by atoms with van der Waals surface area (Å²) in [4.78, 5) is 0. The SMILES string of the molecule is CCOc1cccc(CC2(O)CCNC2)c1. The summed E-state index contributed by atoms with van der Waals surface area (Å²) < 4.78 is 5.45. The maximum absolute atomic E-state index is 10.3. The minimum Gasteiger partial charge on any atom is -0.494 e. The average Bonchev–Trinajstić information content (AvgIpc) is 2.66. The Hall–Kier alpha value is -1.06. The summed E-state index contributed by atoms with van der Waals surface area (Å²) in [7, 11) is 0. The van der Waals surface area contributed by atoms with Crippen molar-refractivity contribution in [1.82, 2.24) is 5.32 Å². The van der Waals surface area contributed by atoms with Gasteiger partial charge in [0.25, 0.3) is 0 Å². The van der Waals surface area contributed by atoms with Crippen LogP contribution in [0.4, 0.5) is 0 Å². The first-order chi connectivity index (χ1) is 7.72. The van der Waals surface area contributed by atoms with Crippen molar-refractivity contribution < 1.29 is 9.84 Å². The molecule has 16 heavy (non-hydrogen) atoms. The third-order valence-electron chi connectivity index (χ3n) is 2.96. The maximum atomic E-state index is 10.3. The summed E-state index contributed by atoms with van der Waals surface area (Å²) in [5.41, 5.74) is 0.558. The van der Waals surface area contributed by atoms with Crippen LogP contribution in [-0.4, -0.2) is 30.4 Å². The molecule has 0 aromatic heterocycles. The van der Waals surface area contributed by atoms with E-state index < -0.39 is 5.60 Å². The lowest BCUT2D eigenvalue weighted by atomic mass is 9.94. The molecule has 1 aromatic rings. The fourth-order valence-electron chi connectivity index (χ4n) is 2.17. The van der Waals surface area contributed by atoms with Gasteiger partial charge in [-0.3, -0.25) is 0 Å². The molecule has 1 aromatic carbocycles. The van der Waals surface area contributed by atoms with Crippen LogP contribution in [0.25, 0.3) is 0 Å². The molecule has 0 spiro atoms. The first-order valence-corrected chi connectivity index (χ1v) is 5.87. The smallest absolute Gasteiger partial charge is 0.119 e. The Bertz CT molecular complexity index is 346. The van der Waals surface area contributed by atoms with Crippen molar-refractivity contribution in [1.29, 1.82) is 0 Å². The topological polar surface area (TPSA) is 41.5 Å². The number of aliphatic hydroxyl groups is 1. The second-order valence-corrected chi connectivity index (χ2v) is 4.41. The molecule has 1 unspecified atom stereocenters. The van der Waals surface area contributed by atoms with Crippen molar-refractivity contribution in [3.63, 3.8) is 0 Å². The fraction of sp³-hybridized carbons (Fsp3) is 0.538. The molecule has 2 N–H and O–H groups in total. The van der Waals surface area contributed by atoms with Crippen LogP contribution < -0.4 is 10.1 Å². The van der Waals surface area contributed by atoms with Gasteiger partial charge in [0.1, 0.15) is 5.75 Å². The summed E-state index contributed by atoms with van der Waals surface area (Å²) in [5.74, 6) is 0.884. The van der Waals surface area contributed by atoms with Crippen molar-refractivity contribution in [3.8, 4) is 5.75 Å². The van der Waals surface area contributed by atoms with E-state index in [0.29, 0.717) is 19.6 Å². The van der Waals surface area contributed by atoms with Crippen LogP contribution >= 0.6 is 0 Å². The number of nitrogens with one attached hydrogen (secondary N) is 1. The lowest BCUT2D eigenvalue weighted by molar-refractivity contribution is 0.0618. The van der Waals surface area contributed by atoms with E-state index >= 15 is 0 Å². The van der Waals surface area contributed by atoms with E-state index in [0.717, 1.165) is 24.3 Å². The third kappa shape index (κ3) is 2.74. The Morgan fingerprint density at radius 1 is 1.50 bits per heavy atom. The van der Waals surface area contributed by atoms with E-state index in [9.17, 15) is 5.11 Å². The molecule has 0 bridgehead atoms. The predicted octanol–water partition coefficient (Wildman–Crippen LogP) is 1.35. The quantitative estimate of drug-likeness (QED) is 0.806. The second kappa shape index (κ2) is 4.85. The number of β-amino-alcohol motifs (C(OH)–C–C–N with tert-alkyl or cyclic N) is 1. The molecule has 1 heterocycles. The molecule has 0 saturated carbocycles. The summed E-state index contributed by atoms with van der Waals surface area (Å²) >= 11 is 0. The summed E-state index contributed by atoms with van der Waals surface area (Å²) in [6.45, 7) is 4.24. The number of benzene rings is 1. The zero-order valence-electron chi connectivity index (χ0n) is 9.70. The van der Waals surface area contributed by atoms with Crippen LogP contribution in [-0.2, 0) is 6.42 Å².